The topological polar surface area (TPSA) is 26.3 Å². The first-order valence-corrected chi connectivity index (χ1v) is 3.00. The average Bonchev–Trinajstić information content (AvgIpc) is 1.88. The van der Waals surface area contributed by atoms with Crippen molar-refractivity contribution in [2.24, 2.45) is 0 Å². The molecule has 0 fully saturated rings. The third-order valence-electron chi connectivity index (χ3n) is 0.390. The van der Waals surface area contributed by atoms with E-state index in [4.69, 9.17) is 0 Å². The summed E-state index contributed by atoms with van der Waals surface area (Å²) in [5, 5.41) is 0. The number of carbonyl (C=O) groups excluding carboxylic acids is 1. The van der Waals surface area contributed by atoms with Gasteiger partial charge in [-0.25, -0.2) is 0 Å². The molecule has 0 unspecified atom stereocenters. The maximum Gasteiger partial charge on any atom is 0.317 e. The standard InChI is InChI=1S/C3H6O2S.C3H6/c1-2-3(4)5-6;1-3-2/h6H,2H2,1H3;3H,1H2,2H3. The summed E-state index contributed by atoms with van der Waals surface area (Å²) < 4.78 is 3.95. The Hall–Kier alpha value is -0.440. The Morgan fingerprint density at radius 1 is 1.89 bits per heavy atom. The minimum Gasteiger partial charge on any atom is -0.395 e. The summed E-state index contributed by atoms with van der Waals surface area (Å²) in [6, 6.07) is 0. The molecule has 0 spiro atoms. The molecule has 0 aromatic heterocycles. The van der Waals surface area contributed by atoms with Crippen molar-refractivity contribution >= 4 is 18.9 Å². The van der Waals surface area contributed by atoms with E-state index in [0.29, 0.717) is 6.42 Å². The monoisotopic (exact) mass is 148 g/mol. The molecule has 0 amide bonds. The van der Waals surface area contributed by atoms with Crippen LogP contribution >= 0.6 is 12.9 Å². The highest BCUT2D eigenvalue weighted by Gasteiger charge is 1.89. The van der Waals surface area contributed by atoms with E-state index in [2.05, 4.69) is 23.7 Å². The van der Waals surface area contributed by atoms with Gasteiger partial charge in [-0.05, 0) is 6.92 Å². The van der Waals surface area contributed by atoms with Gasteiger partial charge in [-0.15, -0.1) is 6.58 Å². The molecule has 2 nitrogen and oxygen atoms in total. The van der Waals surface area contributed by atoms with Crippen molar-refractivity contribution in [3.8, 4) is 0 Å². The van der Waals surface area contributed by atoms with Gasteiger partial charge in [0.2, 0.25) is 0 Å². The molecule has 0 aliphatic heterocycles. The Morgan fingerprint density at radius 2 is 2.22 bits per heavy atom. The Labute approximate surface area is 61.5 Å². The summed E-state index contributed by atoms with van der Waals surface area (Å²) in [5.74, 6) is -0.293. The van der Waals surface area contributed by atoms with E-state index in [1.54, 1.807) is 13.0 Å². The highest BCUT2D eigenvalue weighted by Crippen LogP contribution is 1.84. The van der Waals surface area contributed by atoms with Gasteiger partial charge in [-0.3, -0.25) is 4.79 Å². The van der Waals surface area contributed by atoms with Crippen LogP contribution in [0, 0.1) is 0 Å². The minimum absolute atomic E-state index is 0.293. The van der Waals surface area contributed by atoms with Crippen molar-refractivity contribution in [2.45, 2.75) is 20.3 Å². The largest absolute Gasteiger partial charge is 0.395 e. The molecule has 0 bridgehead atoms. The van der Waals surface area contributed by atoms with Crippen LogP contribution in [0.5, 0.6) is 0 Å². The van der Waals surface area contributed by atoms with Crippen LogP contribution in [0.25, 0.3) is 0 Å². The second-order valence-electron chi connectivity index (χ2n) is 1.23. The van der Waals surface area contributed by atoms with Crippen LogP contribution in [0.15, 0.2) is 12.7 Å². The highest BCUT2D eigenvalue weighted by atomic mass is 32.1. The van der Waals surface area contributed by atoms with Crippen LogP contribution < -0.4 is 0 Å². The molecular weight excluding hydrogens is 136 g/mol. The van der Waals surface area contributed by atoms with Gasteiger partial charge < -0.3 is 4.18 Å². The first-order chi connectivity index (χ1) is 4.22. The van der Waals surface area contributed by atoms with Crippen molar-refractivity contribution in [1.29, 1.82) is 0 Å². The number of hydrogen-bond acceptors (Lipinski definition) is 3. The lowest BCUT2D eigenvalue weighted by Gasteiger charge is -1.84. The second-order valence-corrected chi connectivity index (χ2v) is 1.41. The predicted molar refractivity (Wildman–Crippen MR) is 41.2 cm³/mol. The van der Waals surface area contributed by atoms with Crippen LogP contribution in [-0.4, -0.2) is 5.97 Å². The van der Waals surface area contributed by atoms with Crippen molar-refractivity contribution in [1.82, 2.24) is 0 Å². The van der Waals surface area contributed by atoms with E-state index in [1.165, 1.54) is 0 Å². The number of thiol groups is 1. The van der Waals surface area contributed by atoms with E-state index < -0.39 is 0 Å². The molecule has 0 atom stereocenters. The summed E-state index contributed by atoms with van der Waals surface area (Å²) in [6.45, 7) is 6.96. The second kappa shape index (κ2) is 10.5. The Balaban J connectivity index is 0. The van der Waals surface area contributed by atoms with Gasteiger partial charge in [0.1, 0.15) is 0 Å². The maximum absolute atomic E-state index is 9.88. The molecule has 9 heavy (non-hydrogen) atoms. The van der Waals surface area contributed by atoms with Gasteiger partial charge in [0.05, 0.1) is 0 Å². The number of carbonyl (C=O) groups is 1. The van der Waals surface area contributed by atoms with Gasteiger partial charge in [-0.1, -0.05) is 13.0 Å². The van der Waals surface area contributed by atoms with E-state index in [-0.39, 0.29) is 5.97 Å². The van der Waals surface area contributed by atoms with Crippen LogP contribution in [0.4, 0.5) is 0 Å². The minimum atomic E-state index is -0.293. The Bertz CT molecular complexity index is 75.1. The molecule has 0 radical (unpaired) electrons. The fourth-order valence-electron chi connectivity index (χ4n) is 0.0645. The molecule has 0 saturated heterocycles. The van der Waals surface area contributed by atoms with Crippen LogP contribution in [0.3, 0.4) is 0 Å². The predicted octanol–water partition coefficient (Wildman–Crippen LogP) is 1.98. The highest BCUT2D eigenvalue weighted by molar-refractivity contribution is 7.75. The molecule has 0 aliphatic carbocycles. The van der Waals surface area contributed by atoms with E-state index in [9.17, 15) is 4.79 Å². The van der Waals surface area contributed by atoms with Gasteiger partial charge in [0.15, 0.2) is 0 Å². The zero-order chi connectivity index (χ0) is 7.70. The molecule has 0 aliphatic rings. The quantitative estimate of drug-likeness (QED) is 0.349. The molecule has 0 N–H and O–H groups in total. The van der Waals surface area contributed by atoms with Gasteiger partial charge in [-0.2, -0.15) is 0 Å². The molecule has 54 valence electrons. The van der Waals surface area contributed by atoms with Crippen LogP contribution in [0.2, 0.25) is 0 Å². The zero-order valence-corrected chi connectivity index (χ0v) is 6.65. The summed E-state index contributed by atoms with van der Waals surface area (Å²) in [4.78, 5) is 9.88. The lowest BCUT2D eigenvalue weighted by Crippen LogP contribution is -1.90. The van der Waals surface area contributed by atoms with Crippen molar-refractivity contribution < 1.29 is 8.98 Å². The molecule has 3 heteroatoms. The molecular formula is C6H12O2S. The SMILES string of the molecule is C=CC.CCC(=O)OS. The third-order valence-corrected chi connectivity index (χ3v) is 0.594. The fraction of sp³-hybridized carbons (Fsp3) is 0.500. The summed E-state index contributed by atoms with van der Waals surface area (Å²) in [5.41, 5.74) is 0. The number of allylic oxidation sites excluding steroid dienone is 1. The molecule has 0 saturated carbocycles. The van der Waals surface area contributed by atoms with Crippen molar-refractivity contribution in [3.63, 3.8) is 0 Å². The van der Waals surface area contributed by atoms with E-state index >= 15 is 0 Å². The van der Waals surface area contributed by atoms with Crippen molar-refractivity contribution in [3.05, 3.63) is 12.7 Å². The normalized spacial score (nSPS) is 6.56. The van der Waals surface area contributed by atoms with Crippen LogP contribution in [-0.2, 0) is 8.98 Å². The van der Waals surface area contributed by atoms with Gasteiger partial charge >= 0.3 is 5.97 Å². The Morgan fingerprint density at radius 3 is 2.22 bits per heavy atom. The Kier molecular flexibility index (Phi) is 13.3. The molecule has 0 aromatic rings. The number of rotatable bonds is 1. The summed E-state index contributed by atoms with van der Waals surface area (Å²) in [6.07, 6.45) is 2.14. The molecule has 0 rings (SSSR count). The fourth-order valence-corrected chi connectivity index (χ4v) is 0.194. The third kappa shape index (κ3) is 18.4. The van der Waals surface area contributed by atoms with Gasteiger partial charge in [0.25, 0.3) is 0 Å². The number of hydrogen-bond donors (Lipinski definition) is 1. The van der Waals surface area contributed by atoms with Crippen molar-refractivity contribution in [2.75, 3.05) is 0 Å². The maximum atomic E-state index is 9.88. The van der Waals surface area contributed by atoms with Gasteiger partial charge in [0, 0.05) is 19.3 Å². The molecule has 0 aromatic carbocycles. The van der Waals surface area contributed by atoms with E-state index in [1.807, 2.05) is 6.92 Å². The zero-order valence-electron chi connectivity index (χ0n) is 5.76. The van der Waals surface area contributed by atoms with Crippen LogP contribution in [0.1, 0.15) is 20.3 Å². The lowest BCUT2D eigenvalue weighted by molar-refractivity contribution is -0.132. The first kappa shape index (κ1) is 11.4. The smallest absolute Gasteiger partial charge is 0.317 e. The molecule has 0 heterocycles. The summed E-state index contributed by atoms with van der Waals surface area (Å²) in [7, 11) is 0. The summed E-state index contributed by atoms with van der Waals surface area (Å²) >= 11 is 3.25. The first-order valence-electron chi connectivity index (χ1n) is 2.64. The van der Waals surface area contributed by atoms with E-state index in [0.717, 1.165) is 0 Å². The average molecular weight is 148 g/mol. The lowest BCUT2D eigenvalue weighted by atomic mass is 10.5.